The van der Waals surface area contributed by atoms with E-state index in [-0.39, 0.29) is 24.3 Å². The number of esters is 1. The minimum atomic E-state index is -0.310. The highest BCUT2D eigenvalue weighted by atomic mass is 35.5. The molecule has 5 heteroatoms. The van der Waals surface area contributed by atoms with Gasteiger partial charge in [-0.15, -0.1) is 0 Å². The summed E-state index contributed by atoms with van der Waals surface area (Å²) in [4.78, 5) is 25.1. The maximum absolute atomic E-state index is 12.3. The van der Waals surface area contributed by atoms with Gasteiger partial charge in [0.25, 0.3) is 0 Å². The van der Waals surface area contributed by atoms with Gasteiger partial charge in [0.2, 0.25) is 5.91 Å². The highest BCUT2D eigenvalue weighted by molar-refractivity contribution is 6.30. The van der Waals surface area contributed by atoms with E-state index in [1.54, 1.807) is 17.0 Å². The third-order valence-electron chi connectivity index (χ3n) is 3.00. The fraction of sp³-hybridized carbons (Fsp3) is 0.467. The van der Waals surface area contributed by atoms with E-state index in [0.29, 0.717) is 18.0 Å². The summed E-state index contributed by atoms with van der Waals surface area (Å²) in [5, 5.41) is 0.646. The van der Waals surface area contributed by atoms with E-state index in [9.17, 15) is 9.59 Å². The molecule has 0 spiro atoms. The zero-order chi connectivity index (χ0) is 15.1. The van der Waals surface area contributed by atoms with Crippen molar-refractivity contribution in [3.8, 4) is 0 Å². The molecular weight excluding hydrogens is 278 g/mol. The molecular formula is C15H20ClNO3. The molecule has 4 nitrogen and oxygen atoms in total. The van der Waals surface area contributed by atoms with Crippen LogP contribution in [0.3, 0.4) is 0 Å². The van der Waals surface area contributed by atoms with Gasteiger partial charge in [0.15, 0.2) is 0 Å². The van der Waals surface area contributed by atoms with E-state index < -0.39 is 0 Å². The van der Waals surface area contributed by atoms with E-state index in [0.717, 1.165) is 5.56 Å². The first-order valence-electron chi connectivity index (χ1n) is 6.54. The summed E-state index contributed by atoms with van der Waals surface area (Å²) in [5.74, 6) is -0.318. The molecule has 0 unspecified atom stereocenters. The summed E-state index contributed by atoms with van der Waals surface area (Å²) in [5.41, 5.74) is 0.906. The van der Waals surface area contributed by atoms with Gasteiger partial charge in [-0.05, 0) is 31.5 Å². The van der Waals surface area contributed by atoms with E-state index in [4.69, 9.17) is 11.6 Å². The molecule has 0 aliphatic carbocycles. The van der Waals surface area contributed by atoms with Crippen LogP contribution in [0.5, 0.6) is 0 Å². The standard InChI is InChI=1S/C15H20ClNO3/c1-11(2)17(9-8-15(19)20-3)14(18)10-12-4-6-13(16)7-5-12/h4-7,11H,8-10H2,1-3H3. The SMILES string of the molecule is COC(=O)CCN(C(=O)Cc1ccc(Cl)cc1)C(C)C. The Kier molecular flexibility index (Phi) is 6.52. The number of carbonyl (C=O) groups is 2. The summed E-state index contributed by atoms with van der Waals surface area (Å²) < 4.78 is 4.60. The molecule has 20 heavy (non-hydrogen) atoms. The van der Waals surface area contributed by atoms with Crippen LogP contribution in [0.1, 0.15) is 25.8 Å². The summed E-state index contributed by atoms with van der Waals surface area (Å²) in [6.45, 7) is 4.23. The number of hydrogen-bond acceptors (Lipinski definition) is 3. The Morgan fingerprint density at radius 2 is 1.85 bits per heavy atom. The van der Waals surface area contributed by atoms with Crippen LogP contribution in [0.15, 0.2) is 24.3 Å². The summed E-state index contributed by atoms with van der Waals surface area (Å²) in [7, 11) is 1.34. The van der Waals surface area contributed by atoms with Crippen molar-refractivity contribution in [1.82, 2.24) is 4.90 Å². The highest BCUT2D eigenvalue weighted by Gasteiger charge is 2.18. The Morgan fingerprint density at radius 1 is 1.25 bits per heavy atom. The second-order valence-corrected chi connectivity index (χ2v) is 5.25. The molecule has 0 bridgehead atoms. The number of carbonyl (C=O) groups excluding carboxylic acids is 2. The van der Waals surface area contributed by atoms with Crippen molar-refractivity contribution in [2.75, 3.05) is 13.7 Å². The van der Waals surface area contributed by atoms with Gasteiger partial charge in [0, 0.05) is 17.6 Å². The van der Waals surface area contributed by atoms with Crippen molar-refractivity contribution in [2.45, 2.75) is 32.7 Å². The third kappa shape index (κ3) is 5.21. The van der Waals surface area contributed by atoms with E-state index in [2.05, 4.69) is 4.74 Å². The molecule has 0 aliphatic heterocycles. The monoisotopic (exact) mass is 297 g/mol. The number of amides is 1. The predicted molar refractivity (Wildman–Crippen MR) is 78.6 cm³/mol. The zero-order valence-corrected chi connectivity index (χ0v) is 12.8. The summed E-state index contributed by atoms with van der Waals surface area (Å²) in [6, 6.07) is 7.23. The number of hydrogen-bond donors (Lipinski definition) is 0. The molecule has 1 amide bonds. The number of rotatable bonds is 6. The highest BCUT2D eigenvalue weighted by Crippen LogP contribution is 2.12. The Bertz CT molecular complexity index is 457. The molecule has 1 aromatic rings. The quantitative estimate of drug-likeness (QED) is 0.759. The van der Waals surface area contributed by atoms with Crippen molar-refractivity contribution < 1.29 is 14.3 Å². The first kappa shape index (κ1) is 16.5. The first-order valence-corrected chi connectivity index (χ1v) is 6.92. The average molecular weight is 298 g/mol. The number of benzene rings is 1. The molecule has 0 aromatic heterocycles. The van der Waals surface area contributed by atoms with Gasteiger partial charge in [0.05, 0.1) is 20.0 Å². The lowest BCUT2D eigenvalue weighted by Crippen LogP contribution is -2.39. The number of ether oxygens (including phenoxy) is 1. The molecule has 1 aromatic carbocycles. The van der Waals surface area contributed by atoms with E-state index in [1.165, 1.54) is 7.11 Å². The van der Waals surface area contributed by atoms with Crippen molar-refractivity contribution in [3.63, 3.8) is 0 Å². The molecule has 0 N–H and O–H groups in total. The topological polar surface area (TPSA) is 46.6 Å². The molecule has 0 saturated heterocycles. The van der Waals surface area contributed by atoms with Crippen LogP contribution in [0.4, 0.5) is 0 Å². The van der Waals surface area contributed by atoms with Gasteiger partial charge in [-0.3, -0.25) is 9.59 Å². The Labute approximate surface area is 124 Å². The number of nitrogens with zero attached hydrogens (tertiary/aromatic N) is 1. The zero-order valence-electron chi connectivity index (χ0n) is 12.1. The van der Waals surface area contributed by atoms with Gasteiger partial charge >= 0.3 is 5.97 Å². The van der Waals surface area contributed by atoms with Gasteiger partial charge in [-0.25, -0.2) is 0 Å². The third-order valence-corrected chi connectivity index (χ3v) is 3.25. The average Bonchev–Trinajstić information content (AvgIpc) is 2.41. The van der Waals surface area contributed by atoms with Crippen molar-refractivity contribution in [2.24, 2.45) is 0 Å². The van der Waals surface area contributed by atoms with E-state index >= 15 is 0 Å². The first-order chi connectivity index (χ1) is 9.43. The summed E-state index contributed by atoms with van der Waals surface area (Å²) in [6.07, 6.45) is 0.511. The molecule has 110 valence electrons. The Hall–Kier alpha value is -1.55. The van der Waals surface area contributed by atoms with Gasteiger partial charge in [0.1, 0.15) is 0 Å². The van der Waals surface area contributed by atoms with Crippen LogP contribution in [0.2, 0.25) is 5.02 Å². The maximum Gasteiger partial charge on any atom is 0.307 e. The smallest absolute Gasteiger partial charge is 0.307 e. The fourth-order valence-electron chi connectivity index (χ4n) is 1.86. The molecule has 0 radical (unpaired) electrons. The molecule has 0 fully saturated rings. The minimum Gasteiger partial charge on any atom is -0.469 e. The predicted octanol–water partition coefficient (Wildman–Crippen LogP) is 2.68. The van der Waals surface area contributed by atoms with Crippen molar-refractivity contribution in [3.05, 3.63) is 34.9 Å². The second-order valence-electron chi connectivity index (χ2n) is 4.81. The molecule has 0 heterocycles. The van der Waals surface area contributed by atoms with Crippen LogP contribution in [-0.4, -0.2) is 36.5 Å². The molecule has 0 saturated carbocycles. The van der Waals surface area contributed by atoms with Crippen LogP contribution in [-0.2, 0) is 20.7 Å². The Balaban J connectivity index is 2.64. The largest absolute Gasteiger partial charge is 0.469 e. The lowest BCUT2D eigenvalue weighted by atomic mass is 10.1. The maximum atomic E-state index is 12.3. The lowest BCUT2D eigenvalue weighted by Gasteiger charge is -2.26. The van der Waals surface area contributed by atoms with Crippen molar-refractivity contribution in [1.29, 1.82) is 0 Å². The van der Waals surface area contributed by atoms with Crippen LogP contribution in [0.25, 0.3) is 0 Å². The molecule has 0 aliphatic rings. The number of methoxy groups -OCH3 is 1. The van der Waals surface area contributed by atoms with Gasteiger partial charge < -0.3 is 9.64 Å². The van der Waals surface area contributed by atoms with E-state index in [1.807, 2.05) is 26.0 Å². The van der Waals surface area contributed by atoms with Gasteiger partial charge in [-0.2, -0.15) is 0 Å². The molecule has 1 rings (SSSR count). The number of halogens is 1. The van der Waals surface area contributed by atoms with Crippen LogP contribution in [0, 0.1) is 0 Å². The summed E-state index contributed by atoms with van der Waals surface area (Å²) >= 11 is 5.82. The normalized spacial score (nSPS) is 10.4. The Morgan fingerprint density at radius 3 is 2.35 bits per heavy atom. The molecule has 0 atom stereocenters. The fourth-order valence-corrected chi connectivity index (χ4v) is 1.99. The van der Waals surface area contributed by atoms with Crippen LogP contribution >= 0.6 is 11.6 Å². The lowest BCUT2D eigenvalue weighted by molar-refractivity contribution is -0.142. The second kappa shape index (κ2) is 7.90. The van der Waals surface area contributed by atoms with Crippen molar-refractivity contribution >= 4 is 23.5 Å². The minimum absolute atomic E-state index is 0.00812. The van der Waals surface area contributed by atoms with Gasteiger partial charge in [-0.1, -0.05) is 23.7 Å². The van der Waals surface area contributed by atoms with Crippen LogP contribution < -0.4 is 0 Å².